The average Bonchev–Trinajstić information content (AvgIpc) is 2.71. The molecule has 0 saturated carbocycles. The van der Waals surface area contributed by atoms with Gasteiger partial charge >= 0.3 is 10.4 Å². The van der Waals surface area contributed by atoms with Crippen LogP contribution in [-0.4, -0.2) is 46.7 Å². The average molecular weight is 516 g/mol. The second-order valence-electron chi connectivity index (χ2n) is 6.59. The van der Waals surface area contributed by atoms with E-state index in [4.69, 9.17) is 10.3 Å². The van der Waals surface area contributed by atoms with E-state index in [0.717, 1.165) is 0 Å². The molecule has 0 atom stereocenters. The number of nitrogens with two attached hydrogens (primary N) is 1. The summed E-state index contributed by atoms with van der Waals surface area (Å²) >= 11 is 0. The fourth-order valence-electron chi connectivity index (χ4n) is 2.86. The highest BCUT2D eigenvalue weighted by Crippen LogP contribution is 2.36. The van der Waals surface area contributed by atoms with Crippen LogP contribution in [0.25, 0.3) is 10.8 Å². The Morgan fingerprint density at radius 2 is 1.48 bits per heavy atom. The Morgan fingerprint density at radius 1 is 0.818 bits per heavy atom. The van der Waals surface area contributed by atoms with Crippen LogP contribution in [0, 0.1) is 0 Å². The summed E-state index contributed by atoms with van der Waals surface area (Å²) in [5, 5.41) is 8.57. The van der Waals surface area contributed by atoms with Crippen molar-refractivity contribution < 1.29 is 38.5 Å². The number of azo groups is 1. The van der Waals surface area contributed by atoms with Gasteiger partial charge in [0.15, 0.2) is 9.84 Å². The lowest BCUT2D eigenvalue weighted by atomic mass is 10.1. The lowest BCUT2D eigenvalue weighted by molar-refractivity contribution is 0.284. The summed E-state index contributed by atoms with van der Waals surface area (Å²) in [6.45, 7) is -0.755. The second-order valence-corrected chi connectivity index (χ2v) is 11.2. The van der Waals surface area contributed by atoms with Gasteiger partial charge in [-0.05, 0) is 36.4 Å². The number of anilines is 1. The zero-order valence-electron chi connectivity index (χ0n) is 16.6. The SMILES string of the molecule is Nc1ccc2c(S(=O)(=O)O)cccc2c1N=Nc1ccc(S(=O)(=O)CCOS(=O)(=O)O)cc1. The van der Waals surface area contributed by atoms with E-state index < -0.39 is 42.7 Å². The van der Waals surface area contributed by atoms with Gasteiger partial charge in [-0.15, -0.1) is 5.11 Å². The van der Waals surface area contributed by atoms with Gasteiger partial charge in [0.05, 0.1) is 28.6 Å². The number of nitrogen functional groups attached to an aromatic ring is 1. The van der Waals surface area contributed by atoms with E-state index in [0.29, 0.717) is 5.39 Å². The molecule has 0 aliphatic heterocycles. The standard InChI is InChI=1S/C18H17N3O9S3/c19-16-9-8-14-15(2-1-3-17(14)32(24,25)26)18(16)21-20-12-4-6-13(7-5-12)31(22,23)11-10-30-33(27,28)29/h1-9H,10-11,19H2,(H,24,25,26)(H,27,28,29). The van der Waals surface area contributed by atoms with Crippen molar-refractivity contribution in [3.63, 3.8) is 0 Å². The van der Waals surface area contributed by atoms with Gasteiger partial charge in [-0.3, -0.25) is 9.11 Å². The van der Waals surface area contributed by atoms with Crippen LogP contribution in [0.5, 0.6) is 0 Å². The van der Waals surface area contributed by atoms with E-state index in [-0.39, 0.29) is 32.2 Å². The second kappa shape index (κ2) is 9.12. The van der Waals surface area contributed by atoms with Gasteiger partial charge in [0.25, 0.3) is 10.1 Å². The summed E-state index contributed by atoms with van der Waals surface area (Å²) in [5.41, 5.74) is 6.53. The number of hydrogen-bond donors (Lipinski definition) is 3. The third-order valence-electron chi connectivity index (χ3n) is 4.35. The molecule has 0 unspecified atom stereocenters. The summed E-state index contributed by atoms with van der Waals surface area (Å²) in [4.78, 5) is -0.452. The molecule has 3 aromatic carbocycles. The number of hydrogen-bond acceptors (Lipinski definition) is 10. The summed E-state index contributed by atoms with van der Waals surface area (Å²) in [6, 6.07) is 12.2. The molecule has 12 nitrogen and oxygen atoms in total. The predicted molar refractivity (Wildman–Crippen MR) is 118 cm³/mol. The van der Waals surface area contributed by atoms with Crippen molar-refractivity contribution in [2.75, 3.05) is 18.1 Å². The van der Waals surface area contributed by atoms with Gasteiger partial charge in [-0.25, -0.2) is 12.6 Å². The van der Waals surface area contributed by atoms with Crippen molar-refractivity contribution in [1.82, 2.24) is 0 Å². The number of nitrogens with zero attached hydrogens (tertiary/aromatic N) is 2. The smallest absolute Gasteiger partial charge is 0.397 e. The first-order valence-corrected chi connectivity index (χ1v) is 13.4. The van der Waals surface area contributed by atoms with Crippen LogP contribution in [0.1, 0.15) is 0 Å². The molecule has 0 aliphatic carbocycles. The van der Waals surface area contributed by atoms with E-state index >= 15 is 0 Å². The number of benzene rings is 3. The molecule has 0 amide bonds. The van der Waals surface area contributed by atoms with E-state index in [1.807, 2.05) is 0 Å². The lowest BCUT2D eigenvalue weighted by Gasteiger charge is -2.08. The molecule has 3 aromatic rings. The van der Waals surface area contributed by atoms with Gasteiger partial charge in [-0.2, -0.15) is 21.9 Å². The van der Waals surface area contributed by atoms with Gasteiger partial charge in [0, 0.05) is 10.8 Å². The van der Waals surface area contributed by atoms with Crippen molar-refractivity contribution in [2.24, 2.45) is 10.2 Å². The highest BCUT2D eigenvalue weighted by atomic mass is 32.3. The molecule has 15 heteroatoms. The summed E-state index contributed by atoms with van der Waals surface area (Å²) in [7, 11) is -13.1. The van der Waals surface area contributed by atoms with E-state index in [1.165, 1.54) is 48.5 Å². The minimum Gasteiger partial charge on any atom is -0.397 e. The molecule has 0 radical (unpaired) electrons. The highest BCUT2D eigenvalue weighted by molar-refractivity contribution is 7.91. The largest absolute Gasteiger partial charge is 0.397 e. The van der Waals surface area contributed by atoms with Crippen LogP contribution in [0.15, 0.2) is 74.6 Å². The van der Waals surface area contributed by atoms with E-state index in [1.54, 1.807) is 6.07 Å². The van der Waals surface area contributed by atoms with Crippen LogP contribution >= 0.6 is 0 Å². The van der Waals surface area contributed by atoms with Crippen molar-refractivity contribution in [1.29, 1.82) is 0 Å². The monoisotopic (exact) mass is 515 g/mol. The van der Waals surface area contributed by atoms with Crippen LogP contribution < -0.4 is 5.73 Å². The molecule has 0 aliphatic rings. The van der Waals surface area contributed by atoms with Crippen LogP contribution in [0.4, 0.5) is 17.1 Å². The molecule has 176 valence electrons. The minimum absolute atomic E-state index is 0.136. The Bertz CT molecular complexity index is 1550. The summed E-state index contributed by atoms with van der Waals surface area (Å²) < 4.78 is 90.7. The molecule has 0 saturated heterocycles. The topological polar surface area (TPSA) is 203 Å². The van der Waals surface area contributed by atoms with E-state index in [2.05, 4.69) is 14.4 Å². The minimum atomic E-state index is -4.75. The Kier molecular flexibility index (Phi) is 6.83. The maximum atomic E-state index is 12.2. The first kappa shape index (κ1) is 24.7. The third kappa shape index (κ3) is 6.10. The highest BCUT2D eigenvalue weighted by Gasteiger charge is 2.17. The fraction of sp³-hybridized carbons (Fsp3) is 0.111. The number of sulfone groups is 1. The maximum Gasteiger partial charge on any atom is 0.397 e. The van der Waals surface area contributed by atoms with Crippen molar-refractivity contribution >= 4 is 58.2 Å². The summed E-state index contributed by atoms with van der Waals surface area (Å²) in [6.07, 6.45) is 0. The molecule has 3 rings (SSSR count). The molecule has 33 heavy (non-hydrogen) atoms. The zero-order chi connectivity index (χ0) is 24.4. The quantitative estimate of drug-likeness (QED) is 0.227. The Balaban J connectivity index is 1.88. The maximum absolute atomic E-state index is 12.2. The first-order valence-electron chi connectivity index (χ1n) is 8.93. The molecule has 0 fully saturated rings. The predicted octanol–water partition coefficient (Wildman–Crippen LogP) is 2.68. The molecule has 0 aromatic heterocycles. The van der Waals surface area contributed by atoms with Gasteiger partial charge < -0.3 is 5.73 Å². The van der Waals surface area contributed by atoms with Gasteiger partial charge in [0.2, 0.25) is 0 Å². The summed E-state index contributed by atoms with van der Waals surface area (Å²) in [5.74, 6) is -0.684. The molecular formula is C18H17N3O9S3. The van der Waals surface area contributed by atoms with Gasteiger partial charge in [0.1, 0.15) is 10.6 Å². The van der Waals surface area contributed by atoms with Gasteiger partial charge in [-0.1, -0.05) is 18.2 Å². The van der Waals surface area contributed by atoms with Crippen molar-refractivity contribution in [2.45, 2.75) is 9.79 Å². The molecule has 4 N–H and O–H groups in total. The fourth-order valence-corrected chi connectivity index (χ4v) is 5.06. The van der Waals surface area contributed by atoms with Crippen LogP contribution in [-0.2, 0) is 34.5 Å². The van der Waals surface area contributed by atoms with Crippen molar-refractivity contribution in [3.05, 3.63) is 54.6 Å². The molecule has 0 bridgehead atoms. The van der Waals surface area contributed by atoms with E-state index in [9.17, 15) is 29.8 Å². The number of fused-ring (bicyclic) bond motifs is 1. The third-order valence-corrected chi connectivity index (χ3v) is 7.42. The Morgan fingerprint density at radius 3 is 2.09 bits per heavy atom. The molecular weight excluding hydrogens is 498 g/mol. The van der Waals surface area contributed by atoms with Crippen LogP contribution in [0.3, 0.4) is 0 Å². The first-order chi connectivity index (χ1) is 15.3. The van der Waals surface area contributed by atoms with Crippen LogP contribution in [0.2, 0.25) is 0 Å². The Labute approximate surface area is 189 Å². The molecule has 0 spiro atoms. The lowest BCUT2D eigenvalue weighted by Crippen LogP contribution is -2.15. The Hall–Kier alpha value is -2.95. The normalized spacial score (nSPS) is 13.0. The molecule has 0 heterocycles. The number of rotatable bonds is 8. The zero-order valence-corrected chi connectivity index (χ0v) is 19.0. The van der Waals surface area contributed by atoms with Crippen molar-refractivity contribution in [3.8, 4) is 0 Å².